The van der Waals surface area contributed by atoms with Gasteiger partial charge in [-0.3, -0.25) is 0 Å². The number of benzene rings is 2. The van der Waals surface area contributed by atoms with Crippen molar-refractivity contribution in [2.75, 3.05) is 0 Å². The van der Waals surface area contributed by atoms with E-state index in [-0.39, 0.29) is 6.07 Å². The number of nitrogens with zero attached hydrogens (tertiary/aromatic N) is 1. The summed E-state index contributed by atoms with van der Waals surface area (Å²) in [4.78, 5) is 2.74. The first kappa shape index (κ1) is 17.0. The maximum atomic E-state index is 13.9. The highest BCUT2D eigenvalue weighted by molar-refractivity contribution is 7.78. The van der Waals surface area contributed by atoms with Crippen molar-refractivity contribution in [1.82, 2.24) is 0 Å². The van der Waals surface area contributed by atoms with Crippen LogP contribution in [0.5, 0.6) is 0 Å². The Morgan fingerprint density at radius 1 is 0.652 bits per heavy atom. The van der Waals surface area contributed by atoms with E-state index in [2.05, 4.69) is 17.2 Å². The van der Waals surface area contributed by atoms with Crippen molar-refractivity contribution in [1.29, 1.82) is 0 Å². The minimum absolute atomic E-state index is 0.235. The van der Waals surface area contributed by atoms with E-state index in [0.717, 1.165) is 0 Å². The van der Waals surface area contributed by atoms with Crippen LogP contribution in [0.15, 0.2) is 11.1 Å². The lowest BCUT2D eigenvalue weighted by Gasteiger charge is -2.11. The average molecular weight is 355 g/mol. The second-order valence-electron chi connectivity index (χ2n) is 4.03. The SMILES string of the molecule is Fc1cc(F)c(F)c(-c2c(F)c(F)c(N=C=S)c(F)c2F)c1F. The van der Waals surface area contributed by atoms with Gasteiger partial charge in [-0.1, -0.05) is 0 Å². The fourth-order valence-corrected chi connectivity index (χ4v) is 1.87. The molecule has 23 heavy (non-hydrogen) atoms. The zero-order valence-electron chi connectivity index (χ0n) is 10.5. The number of aliphatic imine (C=N–C) groups is 1. The summed E-state index contributed by atoms with van der Waals surface area (Å²) in [6.07, 6.45) is 0. The summed E-state index contributed by atoms with van der Waals surface area (Å²) < 4.78 is 108. The molecule has 0 aromatic heterocycles. The van der Waals surface area contributed by atoms with Gasteiger partial charge in [-0.05, 0) is 12.2 Å². The third-order valence-electron chi connectivity index (χ3n) is 2.76. The summed E-state index contributed by atoms with van der Waals surface area (Å²) in [7, 11) is 0. The van der Waals surface area contributed by atoms with Gasteiger partial charge < -0.3 is 0 Å². The van der Waals surface area contributed by atoms with Gasteiger partial charge in [0.1, 0.15) is 0 Å². The van der Waals surface area contributed by atoms with E-state index in [9.17, 15) is 35.1 Å². The first-order chi connectivity index (χ1) is 10.7. The van der Waals surface area contributed by atoms with Gasteiger partial charge in [-0.25, -0.2) is 35.1 Å². The summed E-state index contributed by atoms with van der Waals surface area (Å²) in [6, 6.07) is -0.235. The normalized spacial score (nSPS) is 10.6. The molecule has 2 aromatic rings. The predicted molar refractivity (Wildman–Crippen MR) is 66.2 cm³/mol. The van der Waals surface area contributed by atoms with E-state index in [0.29, 0.717) is 0 Å². The van der Waals surface area contributed by atoms with Gasteiger partial charge in [0.15, 0.2) is 52.2 Å². The van der Waals surface area contributed by atoms with Gasteiger partial charge in [0, 0.05) is 6.07 Å². The molecule has 0 spiro atoms. The lowest BCUT2D eigenvalue weighted by molar-refractivity contribution is 0.443. The molecule has 1 nitrogen and oxygen atoms in total. The summed E-state index contributed by atoms with van der Waals surface area (Å²) in [5, 5.41) is 1.45. The van der Waals surface area contributed by atoms with Gasteiger partial charge in [0.05, 0.1) is 16.3 Å². The van der Waals surface area contributed by atoms with Crippen LogP contribution >= 0.6 is 12.2 Å². The molecule has 0 aliphatic carbocycles. The molecule has 2 rings (SSSR count). The quantitative estimate of drug-likeness (QED) is 0.312. The van der Waals surface area contributed by atoms with Crippen LogP contribution in [0, 0.1) is 46.5 Å². The Labute approximate surface area is 127 Å². The van der Waals surface area contributed by atoms with Gasteiger partial charge in [0.2, 0.25) is 0 Å². The maximum Gasteiger partial charge on any atom is 0.189 e. The third kappa shape index (κ3) is 2.60. The lowest BCUT2D eigenvalue weighted by Crippen LogP contribution is -2.06. The molecule has 0 heterocycles. The molecular weight excluding hydrogens is 354 g/mol. The molecule has 0 radical (unpaired) electrons. The van der Waals surface area contributed by atoms with Gasteiger partial charge in [-0.2, -0.15) is 4.99 Å². The Bertz CT molecular complexity index is 818. The van der Waals surface area contributed by atoms with Crippen LogP contribution in [-0.4, -0.2) is 5.16 Å². The zero-order chi connectivity index (χ0) is 17.5. The molecule has 120 valence electrons. The van der Waals surface area contributed by atoms with E-state index in [1.54, 1.807) is 0 Å². The lowest BCUT2D eigenvalue weighted by atomic mass is 10.0. The van der Waals surface area contributed by atoms with Crippen molar-refractivity contribution in [2.24, 2.45) is 4.99 Å². The number of rotatable bonds is 2. The van der Waals surface area contributed by atoms with Crippen LogP contribution in [-0.2, 0) is 0 Å². The van der Waals surface area contributed by atoms with Crippen molar-refractivity contribution < 1.29 is 35.1 Å². The van der Waals surface area contributed by atoms with E-state index in [1.165, 1.54) is 5.16 Å². The molecule has 0 amide bonds. The van der Waals surface area contributed by atoms with Gasteiger partial charge >= 0.3 is 0 Å². The largest absolute Gasteiger partial charge is 0.204 e. The fraction of sp³-hybridized carbons (Fsp3) is 0. The highest BCUT2D eigenvalue weighted by atomic mass is 32.1. The summed E-state index contributed by atoms with van der Waals surface area (Å²) in [6.45, 7) is 0. The smallest absolute Gasteiger partial charge is 0.189 e. The predicted octanol–water partition coefficient (Wildman–Crippen LogP) is 5.20. The van der Waals surface area contributed by atoms with Crippen molar-refractivity contribution >= 4 is 23.1 Å². The number of halogens is 8. The monoisotopic (exact) mass is 355 g/mol. The van der Waals surface area contributed by atoms with Crippen LogP contribution in [0.4, 0.5) is 40.8 Å². The summed E-state index contributed by atoms with van der Waals surface area (Å²) in [5.41, 5.74) is -5.44. The number of thiocarbonyl (C=S) groups is 1. The Hall–Kier alpha value is -2.32. The van der Waals surface area contributed by atoms with E-state index >= 15 is 0 Å². The molecule has 0 aliphatic heterocycles. The van der Waals surface area contributed by atoms with Crippen LogP contribution < -0.4 is 0 Å². The minimum atomic E-state index is -2.31. The molecule has 0 bridgehead atoms. The highest BCUT2D eigenvalue weighted by Crippen LogP contribution is 2.39. The van der Waals surface area contributed by atoms with Crippen molar-refractivity contribution in [2.45, 2.75) is 0 Å². The fourth-order valence-electron chi connectivity index (χ4n) is 1.78. The third-order valence-corrected chi connectivity index (χ3v) is 2.85. The van der Waals surface area contributed by atoms with Crippen molar-refractivity contribution in [3.63, 3.8) is 0 Å². The first-order valence-corrected chi connectivity index (χ1v) is 5.90. The highest BCUT2D eigenvalue weighted by Gasteiger charge is 2.32. The minimum Gasteiger partial charge on any atom is -0.204 e. The van der Waals surface area contributed by atoms with Crippen LogP contribution in [0.1, 0.15) is 0 Å². The maximum absolute atomic E-state index is 13.9. The molecular formula is C13HF8NS. The molecule has 2 aromatic carbocycles. The van der Waals surface area contributed by atoms with E-state index < -0.39 is 63.4 Å². The Balaban J connectivity index is 3.00. The standard InChI is InChI=1S/C13HF8NS/c14-3-1-4(15)8(17)5(7(3)16)6-9(18)11(20)13(22-2-23)12(21)10(6)19/h1H. The molecule has 0 saturated heterocycles. The second-order valence-corrected chi connectivity index (χ2v) is 4.21. The molecule has 0 aliphatic rings. The number of isothiocyanates is 1. The molecule has 0 N–H and O–H groups in total. The Morgan fingerprint density at radius 2 is 1.04 bits per heavy atom. The van der Waals surface area contributed by atoms with Crippen LogP contribution in [0.25, 0.3) is 11.1 Å². The van der Waals surface area contributed by atoms with Crippen molar-refractivity contribution in [3.05, 3.63) is 52.6 Å². The molecule has 0 saturated carbocycles. The Kier molecular flexibility index (Phi) is 4.49. The van der Waals surface area contributed by atoms with Crippen molar-refractivity contribution in [3.8, 4) is 11.1 Å². The van der Waals surface area contributed by atoms with Crippen LogP contribution in [0.3, 0.4) is 0 Å². The molecule has 0 atom stereocenters. The summed E-state index contributed by atoms with van der Waals surface area (Å²) >= 11 is 4.03. The molecule has 10 heteroatoms. The Morgan fingerprint density at radius 3 is 1.43 bits per heavy atom. The zero-order valence-corrected chi connectivity index (χ0v) is 11.3. The van der Waals surface area contributed by atoms with Crippen LogP contribution in [0.2, 0.25) is 0 Å². The average Bonchev–Trinajstić information content (AvgIpc) is 2.51. The van der Waals surface area contributed by atoms with Gasteiger partial charge in [0.25, 0.3) is 0 Å². The topological polar surface area (TPSA) is 12.4 Å². The van der Waals surface area contributed by atoms with Gasteiger partial charge in [-0.15, -0.1) is 0 Å². The van der Waals surface area contributed by atoms with E-state index in [1.807, 2.05) is 0 Å². The molecule has 0 fully saturated rings. The number of hydrogen-bond donors (Lipinski definition) is 0. The first-order valence-electron chi connectivity index (χ1n) is 5.49. The molecule has 0 unspecified atom stereocenters. The number of hydrogen-bond acceptors (Lipinski definition) is 2. The summed E-state index contributed by atoms with van der Waals surface area (Å²) in [5.74, 6) is -17.4. The second kappa shape index (κ2) is 6.05. The van der Waals surface area contributed by atoms with E-state index in [4.69, 9.17) is 0 Å².